The molecule has 0 aliphatic rings. The van der Waals surface area contributed by atoms with Crippen LogP contribution in [0, 0.1) is 5.92 Å². The highest BCUT2D eigenvalue weighted by atomic mass is 35.5. The highest BCUT2D eigenvalue weighted by molar-refractivity contribution is 6.31. The van der Waals surface area contributed by atoms with E-state index in [4.69, 9.17) is 11.6 Å². The van der Waals surface area contributed by atoms with E-state index in [1.54, 1.807) is 6.20 Å². The number of likely N-dealkylation sites (N-methyl/N-ethyl adjacent to an activating group) is 1. The number of pyridine rings is 1. The molecular formula is C15H25ClN2. The van der Waals surface area contributed by atoms with Crippen molar-refractivity contribution >= 4 is 11.6 Å². The fraction of sp³-hybridized carbons (Fsp3) is 0.667. The standard InChI is InChI=1S/C15H25ClN2/c1-4-6-12(7-5-2)15(17-3)10-13-8-9-18-11-14(13)16/h8-9,11-12,15,17H,4-7,10H2,1-3H3. The first-order chi connectivity index (χ1) is 8.72. The normalized spacial score (nSPS) is 12.9. The van der Waals surface area contributed by atoms with Gasteiger partial charge < -0.3 is 5.32 Å². The number of rotatable bonds is 8. The molecule has 1 atom stereocenters. The second-order valence-corrected chi connectivity index (χ2v) is 5.31. The molecule has 1 heterocycles. The monoisotopic (exact) mass is 268 g/mol. The molecule has 0 saturated carbocycles. The van der Waals surface area contributed by atoms with Crippen LogP contribution >= 0.6 is 11.6 Å². The lowest BCUT2D eigenvalue weighted by atomic mass is 9.87. The van der Waals surface area contributed by atoms with Gasteiger partial charge in [0.25, 0.3) is 0 Å². The molecule has 0 fully saturated rings. The maximum atomic E-state index is 6.19. The van der Waals surface area contributed by atoms with Crippen molar-refractivity contribution in [3.05, 3.63) is 29.0 Å². The van der Waals surface area contributed by atoms with E-state index in [0.29, 0.717) is 6.04 Å². The topological polar surface area (TPSA) is 24.9 Å². The van der Waals surface area contributed by atoms with Gasteiger partial charge in [-0.1, -0.05) is 38.3 Å². The zero-order valence-corrected chi connectivity index (χ0v) is 12.5. The smallest absolute Gasteiger partial charge is 0.0621 e. The third-order valence-corrected chi connectivity index (χ3v) is 3.90. The van der Waals surface area contributed by atoms with Crippen molar-refractivity contribution in [2.24, 2.45) is 5.92 Å². The van der Waals surface area contributed by atoms with Crippen molar-refractivity contribution in [3.8, 4) is 0 Å². The van der Waals surface area contributed by atoms with Crippen molar-refractivity contribution < 1.29 is 0 Å². The van der Waals surface area contributed by atoms with Crippen LogP contribution in [0.1, 0.15) is 45.1 Å². The Bertz CT molecular complexity index is 335. The lowest BCUT2D eigenvalue weighted by molar-refractivity contribution is 0.322. The van der Waals surface area contributed by atoms with E-state index in [1.165, 1.54) is 31.2 Å². The summed E-state index contributed by atoms with van der Waals surface area (Å²) in [4.78, 5) is 4.04. The molecule has 0 aliphatic heterocycles. The predicted molar refractivity (Wildman–Crippen MR) is 79.1 cm³/mol. The van der Waals surface area contributed by atoms with Crippen molar-refractivity contribution in [2.75, 3.05) is 7.05 Å². The van der Waals surface area contributed by atoms with Gasteiger partial charge in [-0.2, -0.15) is 0 Å². The summed E-state index contributed by atoms with van der Waals surface area (Å²) in [5.41, 5.74) is 1.20. The first-order valence-corrected chi connectivity index (χ1v) is 7.36. The summed E-state index contributed by atoms with van der Waals surface area (Å²) in [6, 6.07) is 2.53. The van der Waals surface area contributed by atoms with E-state index in [9.17, 15) is 0 Å². The van der Waals surface area contributed by atoms with Crippen molar-refractivity contribution in [3.63, 3.8) is 0 Å². The van der Waals surface area contributed by atoms with Crippen LogP contribution in [-0.4, -0.2) is 18.1 Å². The minimum absolute atomic E-state index is 0.504. The van der Waals surface area contributed by atoms with Crippen LogP contribution < -0.4 is 5.32 Å². The zero-order chi connectivity index (χ0) is 13.4. The van der Waals surface area contributed by atoms with Gasteiger partial charge in [-0.25, -0.2) is 0 Å². The zero-order valence-electron chi connectivity index (χ0n) is 11.7. The van der Waals surface area contributed by atoms with Crippen LogP contribution in [0.15, 0.2) is 18.5 Å². The highest BCUT2D eigenvalue weighted by Crippen LogP contribution is 2.23. The van der Waals surface area contributed by atoms with E-state index in [2.05, 4.69) is 31.2 Å². The molecule has 1 rings (SSSR count). The quantitative estimate of drug-likeness (QED) is 0.768. The van der Waals surface area contributed by atoms with Crippen LogP contribution in [0.25, 0.3) is 0 Å². The summed E-state index contributed by atoms with van der Waals surface area (Å²) in [6.07, 6.45) is 9.59. The molecule has 1 unspecified atom stereocenters. The number of hydrogen-bond donors (Lipinski definition) is 1. The molecule has 3 heteroatoms. The fourth-order valence-electron chi connectivity index (χ4n) is 2.60. The molecule has 1 aromatic heterocycles. The number of nitrogens with zero attached hydrogens (tertiary/aromatic N) is 1. The predicted octanol–water partition coefficient (Wildman–Crippen LogP) is 4.08. The van der Waals surface area contributed by atoms with Crippen LogP contribution in [0.4, 0.5) is 0 Å². The highest BCUT2D eigenvalue weighted by Gasteiger charge is 2.19. The molecule has 0 amide bonds. The van der Waals surface area contributed by atoms with E-state index < -0.39 is 0 Å². The Morgan fingerprint density at radius 1 is 1.28 bits per heavy atom. The maximum Gasteiger partial charge on any atom is 0.0621 e. The summed E-state index contributed by atoms with van der Waals surface area (Å²) in [5, 5.41) is 4.25. The van der Waals surface area contributed by atoms with E-state index in [-0.39, 0.29) is 0 Å². The van der Waals surface area contributed by atoms with E-state index in [0.717, 1.165) is 17.4 Å². The Morgan fingerprint density at radius 2 is 1.94 bits per heavy atom. The largest absolute Gasteiger partial charge is 0.316 e. The third-order valence-electron chi connectivity index (χ3n) is 3.56. The van der Waals surface area contributed by atoms with Crippen LogP contribution in [-0.2, 0) is 6.42 Å². The Hall–Kier alpha value is -0.600. The molecule has 102 valence electrons. The number of hydrogen-bond acceptors (Lipinski definition) is 2. The van der Waals surface area contributed by atoms with Gasteiger partial charge in [0.15, 0.2) is 0 Å². The van der Waals surface area contributed by atoms with Crippen LogP contribution in [0.5, 0.6) is 0 Å². The molecule has 0 aromatic carbocycles. The minimum atomic E-state index is 0.504. The molecule has 1 N–H and O–H groups in total. The SMILES string of the molecule is CCCC(CCC)C(Cc1ccncc1Cl)NC. The van der Waals surface area contributed by atoms with Gasteiger partial charge in [-0.15, -0.1) is 0 Å². The van der Waals surface area contributed by atoms with E-state index >= 15 is 0 Å². The summed E-state index contributed by atoms with van der Waals surface area (Å²) >= 11 is 6.19. The summed E-state index contributed by atoms with van der Waals surface area (Å²) < 4.78 is 0. The number of halogens is 1. The molecule has 2 nitrogen and oxygen atoms in total. The van der Waals surface area contributed by atoms with Crippen molar-refractivity contribution in [1.29, 1.82) is 0 Å². The molecule has 0 radical (unpaired) electrons. The lowest BCUT2D eigenvalue weighted by Gasteiger charge is -2.27. The summed E-state index contributed by atoms with van der Waals surface area (Å²) in [6.45, 7) is 4.52. The number of aromatic nitrogens is 1. The first kappa shape index (κ1) is 15.5. The molecule has 1 aromatic rings. The van der Waals surface area contributed by atoms with Gasteiger partial charge in [-0.05, 0) is 43.9 Å². The lowest BCUT2D eigenvalue weighted by Crippen LogP contribution is -2.35. The van der Waals surface area contributed by atoms with Gasteiger partial charge >= 0.3 is 0 Å². The fourth-order valence-corrected chi connectivity index (χ4v) is 2.80. The average molecular weight is 269 g/mol. The average Bonchev–Trinajstić information content (AvgIpc) is 2.38. The third kappa shape index (κ3) is 4.58. The molecular weight excluding hydrogens is 244 g/mol. The Kier molecular flexibility index (Phi) is 7.29. The molecule has 0 saturated heterocycles. The maximum absolute atomic E-state index is 6.19. The molecule has 0 spiro atoms. The second-order valence-electron chi connectivity index (χ2n) is 4.90. The van der Waals surface area contributed by atoms with Gasteiger partial charge in [-0.3, -0.25) is 4.98 Å². The van der Waals surface area contributed by atoms with Gasteiger partial charge in [0.1, 0.15) is 0 Å². The second kappa shape index (κ2) is 8.49. The van der Waals surface area contributed by atoms with Crippen LogP contribution in [0.3, 0.4) is 0 Å². The summed E-state index contributed by atoms with van der Waals surface area (Å²) in [7, 11) is 2.05. The van der Waals surface area contributed by atoms with Crippen LogP contribution in [0.2, 0.25) is 5.02 Å². The van der Waals surface area contributed by atoms with Crippen molar-refractivity contribution in [1.82, 2.24) is 10.3 Å². The molecule has 18 heavy (non-hydrogen) atoms. The molecule has 0 aliphatic carbocycles. The summed E-state index contributed by atoms with van der Waals surface area (Å²) in [5.74, 6) is 0.731. The Balaban J connectivity index is 2.73. The Labute approximate surface area is 116 Å². The van der Waals surface area contributed by atoms with Crippen molar-refractivity contribution in [2.45, 2.75) is 52.0 Å². The molecule has 0 bridgehead atoms. The van der Waals surface area contributed by atoms with Gasteiger partial charge in [0, 0.05) is 18.4 Å². The van der Waals surface area contributed by atoms with E-state index in [1.807, 2.05) is 12.3 Å². The van der Waals surface area contributed by atoms with Gasteiger partial charge in [0.05, 0.1) is 5.02 Å². The van der Waals surface area contributed by atoms with Gasteiger partial charge in [0.2, 0.25) is 0 Å². The Morgan fingerprint density at radius 3 is 2.44 bits per heavy atom. The first-order valence-electron chi connectivity index (χ1n) is 6.98. The number of nitrogens with one attached hydrogen (secondary N) is 1. The minimum Gasteiger partial charge on any atom is -0.316 e.